The SMILES string of the molecule is CC(C)NCC(=O)N([C@@H](C)c1ccc(C(F)(F)F)cc1)C1(C#N)CN(c2ccccc2)C1. The number of halogens is 3. The van der Waals surface area contributed by atoms with E-state index in [1.165, 1.54) is 17.0 Å². The molecule has 170 valence electrons. The second kappa shape index (κ2) is 9.21. The van der Waals surface area contributed by atoms with E-state index in [4.69, 9.17) is 0 Å². The zero-order valence-electron chi connectivity index (χ0n) is 18.4. The summed E-state index contributed by atoms with van der Waals surface area (Å²) >= 11 is 0. The molecule has 0 unspecified atom stereocenters. The minimum atomic E-state index is -4.43. The molecule has 1 heterocycles. The topological polar surface area (TPSA) is 59.4 Å². The molecule has 2 aromatic rings. The average Bonchev–Trinajstić information content (AvgIpc) is 2.74. The summed E-state index contributed by atoms with van der Waals surface area (Å²) in [4.78, 5) is 16.8. The number of rotatable bonds is 7. The van der Waals surface area contributed by atoms with Gasteiger partial charge in [-0.3, -0.25) is 4.79 Å². The fourth-order valence-electron chi connectivity index (χ4n) is 3.99. The third-order valence-corrected chi connectivity index (χ3v) is 5.73. The van der Waals surface area contributed by atoms with Crippen LogP contribution in [-0.4, -0.2) is 42.0 Å². The third-order valence-electron chi connectivity index (χ3n) is 5.73. The van der Waals surface area contributed by atoms with Crippen LogP contribution in [0.5, 0.6) is 0 Å². The highest BCUT2D eigenvalue weighted by Crippen LogP contribution is 2.38. The van der Waals surface area contributed by atoms with Gasteiger partial charge in [0.1, 0.15) is 0 Å². The zero-order valence-corrected chi connectivity index (χ0v) is 18.4. The monoisotopic (exact) mass is 444 g/mol. The highest BCUT2D eigenvalue weighted by atomic mass is 19.4. The number of carbonyl (C=O) groups is 1. The predicted octanol–water partition coefficient (Wildman–Crippen LogP) is 4.38. The molecule has 0 aromatic heterocycles. The molecule has 0 bridgehead atoms. The lowest BCUT2D eigenvalue weighted by Crippen LogP contribution is -2.72. The molecule has 0 saturated carbocycles. The van der Waals surface area contributed by atoms with Gasteiger partial charge in [-0.1, -0.05) is 44.2 Å². The molecule has 0 spiro atoms. The number of amides is 1. The van der Waals surface area contributed by atoms with Crippen molar-refractivity contribution >= 4 is 11.6 Å². The van der Waals surface area contributed by atoms with Crippen LogP contribution in [0, 0.1) is 11.3 Å². The van der Waals surface area contributed by atoms with Gasteiger partial charge in [0.25, 0.3) is 0 Å². The highest BCUT2D eigenvalue weighted by molar-refractivity contribution is 5.81. The van der Waals surface area contributed by atoms with Crippen LogP contribution in [0.3, 0.4) is 0 Å². The van der Waals surface area contributed by atoms with Crippen LogP contribution in [0.2, 0.25) is 0 Å². The highest BCUT2D eigenvalue weighted by Gasteiger charge is 2.52. The van der Waals surface area contributed by atoms with Crippen molar-refractivity contribution in [2.75, 3.05) is 24.5 Å². The standard InChI is InChI=1S/C24H27F3N4O/c1-17(2)29-13-22(32)31(18(3)19-9-11-20(12-10-19)24(25,26)27)23(14-28)15-30(16-23)21-7-5-4-6-8-21/h4-12,17-18,29H,13,15-16H2,1-3H3/t18-/m0/s1. The molecule has 5 nitrogen and oxygen atoms in total. The maximum atomic E-state index is 13.2. The molecule has 3 rings (SSSR count). The molecule has 2 aromatic carbocycles. The van der Waals surface area contributed by atoms with E-state index in [1.807, 2.05) is 49.1 Å². The number of anilines is 1. The first-order chi connectivity index (χ1) is 15.1. The van der Waals surface area contributed by atoms with Gasteiger partial charge >= 0.3 is 6.18 Å². The van der Waals surface area contributed by atoms with E-state index in [0.29, 0.717) is 18.7 Å². The summed E-state index contributed by atoms with van der Waals surface area (Å²) in [7, 11) is 0. The Morgan fingerprint density at radius 2 is 1.72 bits per heavy atom. The number of alkyl halides is 3. The minimum absolute atomic E-state index is 0.0391. The molecule has 0 aliphatic carbocycles. The van der Waals surface area contributed by atoms with Gasteiger partial charge in [0.15, 0.2) is 5.54 Å². The average molecular weight is 445 g/mol. The fourth-order valence-corrected chi connectivity index (χ4v) is 3.99. The van der Waals surface area contributed by atoms with Gasteiger partial charge in [-0.15, -0.1) is 0 Å². The quantitative estimate of drug-likeness (QED) is 0.689. The van der Waals surface area contributed by atoms with E-state index < -0.39 is 23.3 Å². The Hall–Kier alpha value is -3.05. The van der Waals surface area contributed by atoms with Crippen molar-refractivity contribution in [1.82, 2.24) is 10.2 Å². The first-order valence-electron chi connectivity index (χ1n) is 10.5. The van der Waals surface area contributed by atoms with Crippen molar-refractivity contribution in [2.24, 2.45) is 0 Å². The van der Waals surface area contributed by atoms with E-state index in [0.717, 1.165) is 17.8 Å². The summed E-state index contributed by atoms with van der Waals surface area (Å²) in [5.74, 6) is -0.264. The predicted molar refractivity (Wildman–Crippen MR) is 117 cm³/mol. The van der Waals surface area contributed by atoms with Crippen LogP contribution in [-0.2, 0) is 11.0 Å². The Bertz CT molecular complexity index is 961. The number of carbonyl (C=O) groups excluding carboxylic acids is 1. The first-order valence-corrected chi connectivity index (χ1v) is 10.5. The molecular weight excluding hydrogens is 417 g/mol. The van der Waals surface area contributed by atoms with Crippen molar-refractivity contribution < 1.29 is 18.0 Å². The molecule has 0 radical (unpaired) electrons. The lowest BCUT2D eigenvalue weighted by molar-refractivity contribution is -0.139. The number of nitriles is 1. The Labute approximate surface area is 186 Å². The van der Waals surface area contributed by atoms with Crippen LogP contribution < -0.4 is 10.2 Å². The first kappa shape index (κ1) is 23.6. The minimum Gasteiger partial charge on any atom is -0.364 e. The van der Waals surface area contributed by atoms with Gasteiger partial charge in [0, 0.05) is 11.7 Å². The lowest BCUT2D eigenvalue weighted by Gasteiger charge is -2.54. The van der Waals surface area contributed by atoms with Gasteiger partial charge in [0.05, 0.1) is 37.3 Å². The summed E-state index contributed by atoms with van der Waals surface area (Å²) in [5, 5.41) is 13.2. The number of nitrogens with zero attached hydrogens (tertiary/aromatic N) is 3. The molecule has 1 aliphatic rings. The van der Waals surface area contributed by atoms with Crippen LogP contribution in [0.4, 0.5) is 18.9 Å². The molecule has 1 fully saturated rings. The van der Waals surface area contributed by atoms with Crippen molar-refractivity contribution in [1.29, 1.82) is 5.26 Å². The van der Waals surface area contributed by atoms with E-state index in [2.05, 4.69) is 11.4 Å². The van der Waals surface area contributed by atoms with Crippen LogP contribution in [0.25, 0.3) is 0 Å². The second-order valence-electron chi connectivity index (χ2n) is 8.43. The molecule has 32 heavy (non-hydrogen) atoms. The van der Waals surface area contributed by atoms with Crippen LogP contribution >= 0.6 is 0 Å². The van der Waals surface area contributed by atoms with E-state index in [1.54, 1.807) is 6.92 Å². The van der Waals surface area contributed by atoms with Crippen molar-refractivity contribution in [3.05, 3.63) is 65.7 Å². The van der Waals surface area contributed by atoms with Gasteiger partial charge < -0.3 is 15.1 Å². The van der Waals surface area contributed by atoms with Gasteiger partial charge in [-0.25, -0.2) is 0 Å². The Morgan fingerprint density at radius 3 is 2.22 bits per heavy atom. The summed E-state index contributed by atoms with van der Waals surface area (Å²) in [6.45, 7) is 6.27. The molecule has 1 N–H and O–H groups in total. The molecular formula is C24H27F3N4O. The summed E-state index contributed by atoms with van der Waals surface area (Å²) in [6, 6.07) is 16.2. The summed E-state index contributed by atoms with van der Waals surface area (Å²) < 4.78 is 38.9. The Balaban J connectivity index is 1.89. The number of benzene rings is 2. The molecule has 1 saturated heterocycles. The lowest BCUT2D eigenvalue weighted by atomic mass is 9.85. The Morgan fingerprint density at radius 1 is 1.12 bits per heavy atom. The summed E-state index contributed by atoms with van der Waals surface area (Å²) in [5.41, 5.74) is -0.327. The van der Waals surface area contributed by atoms with E-state index in [-0.39, 0.29) is 18.5 Å². The fraction of sp³-hybridized carbons (Fsp3) is 0.417. The molecule has 1 amide bonds. The smallest absolute Gasteiger partial charge is 0.364 e. The summed E-state index contributed by atoms with van der Waals surface area (Å²) in [6.07, 6.45) is -4.43. The molecule has 1 atom stereocenters. The van der Waals surface area contributed by atoms with Gasteiger partial charge in [0.2, 0.25) is 5.91 Å². The molecule has 8 heteroatoms. The number of hydrogen-bond acceptors (Lipinski definition) is 4. The van der Waals surface area contributed by atoms with Crippen molar-refractivity contribution in [2.45, 2.75) is 44.6 Å². The van der Waals surface area contributed by atoms with Gasteiger partial charge in [-0.05, 0) is 36.8 Å². The maximum Gasteiger partial charge on any atom is 0.416 e. The van der Waals surface area contributed by atoms with E-state index >= 15 is 0 Å². The Kier molecular flexibility index (Phi) is 6.79. The van der Waals surface area contributed by atoms with Crippen LogP contribution in [0.15, 0.2) is 54.6 Å². The van der Waals surface area contributed by atoms with Crippen molar-refractivity contribution in [3.63, 3.8) is 0 Å². The normalized spacial score (nSPS) is 16.2. The number of para-hydroxylation sites is 1. The third kappa shape index (κ3) is 4.89. The van der Waals surface area contributed by atoms with Crippen LogP contribution in [0.1, 0.15) is 37.9 Å². The largest absolute Gasteiger partial charge is 0.416 e. The van der Waals surface area contributed by atoms with E-state index in [9.17, 15) is 23.2 Å². The number of nitrogens with one attached hydrogen (secondary N) is 1. The second-order valence-corrected chi connectivity index (χ2v) is 8.43. The van der Waals surface area contributed by atoms with Crippen molar-refractivity contribution in [3.8, 4) is 6.07 Å². The molecule has 1 aliphatic heterocycles. The number of hydrogen-bond donors (Lipinski definition) is 1. The zero-order chi connectivity index (χ0) is 23.5. The maximum absolute atomic E-state index is 13.2. The van der Waals surface area contributed by atoms with Gasteiger partial charge in [-0.2, -0.15) is 18.4 Å².